The van der Waals surface area contributed by atoms with Crippen LogP contribution in [0.25, 0.3) is 0 Å². The number of hydrogen-bond donors (Lipinski definition) is 0. The van der Waals surface area contributed by atoms with Gasteiger partial charge in [0.05, 0.1) is 0 Å². The third-order valence-corrected chi connectivity index (χ3v) is 3.44. The highest BCUT2D eigenvalue weighted by atomic mass is 14.5. The van der Waals surface area contributed by atoms with E-state index in [-0.39, 0.29) is 0 Å². The van der Waals surface area contributed by atoms with Crippen LogP contribution < -0.4 is 0 Å². The van der Waals surface area contributed by atoms with Gasteiger partial charge in [-0.05, 0) is 24.2 Å². The van der Waals surface area contributed by atoms with Crippen molar-refractivity contribution in [2.45, 2.75) is 45.4 Å². The van der Waals surface area contributed by atoms with Crippen LogP contribution in [0.15, 0.2) is 0 Å². The van der Waals surface area contributed by atoms with Crippen molar-refractivity contribution in [2.75, 3.05) is 0 Å². The zero-order valence-corrected chi connectivity index (χ0v) is 6.97. The average molecular weight is 138 g/mol. The molecule has 0 aliphatic heterocycles. The van der Waals surface area contributed by atoms with Crippen LogP contribution in [-0.4, -0.2) is 0 Å². The summed E-state index contributed by atoms with van der Waals surface area (Å²) in [5.74, 6) is 3.38. The van der Waals surface area contributed by atoms with E-state index in [1.807, 2.05) is 0 Å². The molecule has 0 heterocycles. The highest BCUT2D eigenvalue weighted by molar-refractivity contribution is 4.90. The highest BCUT2D eigenvalue weighted by Crippen LogP contribution is 2.50. The molecule has 2 rings (SSSR count). The maximum Gasteiger partial charge on any atom is -0.0357 e. The molecule has 0 aromatic carbocycles. The lowest BCUT2D eigenvalue weighted by molar-refractivity contribution is 0.382. The van der Waals surface area contributed by atoms with Gasteiger partial charge in [0.1, 0.15) is 0 Å². The molecule has 2 saturated carbocycles. The van der Waals surface area contributed by atoms with Crippen LogP contribution in [-0.2, 0) is 0 Å². The molecule has 0 spiro atoms. The van der Waals surface area contributed by atoms with Crippen molar-refractivity contribution in [3.63, 3.8) is 0 Å². The Labute approximate surface area is 64.0 Å². The maximum atomic E-state index is 2.45. The second kappa shape index (κ2) is 2.56. The van der Waals surface area contributed by atoms with Crippen molar-refractivity contribution >= 4 is 0 Å². The van der Waals surface area contributed by atoms with Crippen LogP contribution in [0.3, 0.4) is 0 Å². The van der Waals surface area contributed by atoms with Gasteiger partial charge in [0.2, 0.25) is 0 Å². The zero-order valence-electron chi connectivity index (χ0n) is 6.97. The van der Waals surface area contributed by atoms with E-state index in [1.54, 1.807) is 12.8 Å². The molecule has 3 atom stereocenters. The Morgan fingerprint density at radius 3 is 2.70 bits per heavy atom. The molecule has 10 heavy (non-hydrogen) atoms. The summed E-state index contributed by atoms with van der Waals surface area (Å²) >= 11 is 0. The monoisotopic (exact) mass is 138 g/mol. The number of fused-ring (bicyclic) bond motifs is 1. The first-order chi connectivity index (χ1) is 4.88. The van der Waals surface area contributed by atoms with Crippen molar-refractivity contribution in [3.8, 4) is 0 Å². The fraction of sp³-hybridized carbons (Fsp3) is 1.00. The Kier molecular flexibility index (Phi) is 1.71. The van der Waals surface area contributed by atoms with E-state index < -0.39 is 0 Å². The Hall–Kier alpha value is 0. The number of hydrogen-bond acceptors (Lipinski definition) is 0. The first-order valence-electron chi connectivity index (χ1n) is 4.88. The Morgan fingerprint density at radius 2 is 1.80 bits per heavy atom. The third-order valence-electron chi connectivity index (χ3n) is 3.44. The van der Waals surface area contributed by atoms with Gasteiger partial charge < -0.3 is 0 Å². The predicted octanol–water partition coefficient (Wildman–Crippen LogP) is 3.22. The second-order valence-electron chi connectivity index (χ2n) is 4.27. The summed E-state index contributed by atoms with van der Waals surface area (Å²) in [6, 6.07) is 0. The minimum absolute atomic E-state index is 1.06. The lowest BCUT2D eigenvalue weighted by Crippen LogP contribution is -2.02. The van der Waals surface area contributed by atoms with Gasteiger partial charge in [0, 0.05) is 0 Å². The molecule has 0 heteroatoms. The average Bonchev–Trinajstić information content (AvgIpc) is 2.62. The first kappa shape index (κ1) is 6.69. The third kappa shape index (κ3) is 1.21. The summed E-state index contributed by atoms with van der Waals surface area (Å²) in [5.41, 5.74) is 0. The van der Waals surface area contributed by atoms with Gasteiger partial charge in [-0.25, -0.2) is 0 Å². The van der Waals surface area contributed by atoms with Crippen molar-refractivity contribution < 1.29 is 0 Å². The van der Waals surface area contributed by atoms with Gasteiger partial charge in [0.15, 0.2) is 0 Å². The standard InChI is InChI=1S/C10H18/c1-8-5-3-2-4-6-9-7-10(8)9/h8-10H,2-7H2,1H3/t8-,9-,10-/m1/s1. The van der Waals surface area contributed by atoms with Crippen LogP contribution in [0.1, 0.15) is 45.4 Å². The SMILES string of the molecule is C[C@@H]1CCCCC[C@@H]2C[C@@H]21. The first-order valence-corrected chi connectivity index (χ1v) is 4.88. The number of rotatable bonds is 0. The summed E-state index contributed by atoms with van der Waals surface area (Å²) in [6.07, 6.45) is 9.17. The fourth-order valence-electron chi connectivity index (χ4n) is 2.56. The maximum absolute atomic E-state index is 2.45. The lowest BCUT2D eigenvalue weighted by Gasteiger charge is -2.13. The Balaban J connectivity index is 1.88. The van der Waals surface area contributed by atoms with Crippen LogP contribution in [0.4, 0.5) is 0 Å². The van der Waals surface area contributed by atoms with Crippen LogP contribution in [0.5, 0.6) is 0 Å². The summed E-state index contributed by atoms with van der Waals surface area (Å²) in [5, 5.41) is 0. The minimum Gasteiger partial charge on any atom is -0.0622 e. The van der Waals surface area contributed by atoms with Crippen LogP contribution in [0.2, 0.25) is 0 Å². The van der Waals surface area contributed by atoms with Gasteiger partial charge in [-0.1, -0.05) is 39.0 Å². The highest BCUT2D eigenvalue weighted by Gasteiger charge is 2.40. The van der Waals surface area contributed by atoms with Crippen LogP contribution >= 0.6 is 0 Å². The zero-order chi connectivity index (χ0) is 6.97. The lowest BCUT2D eigenvalue weighted by atomic mass is 9.93. The molecular weight excluding hydrogens is 120 g/mol. The summed E-state index contributed by atoms with van der Waals surface area (Å²) in [7, 11) is 0. The molecule has 0 nitrogen and oxygen atoms in total. The van der Waals surface area contributed by atoms with Gasteiger partial charge >= 0.3 is 0 Å². The van der Waals surface area contributed by atoms with E-state index >= 15 is 0 Å². The van der Waals surface area contributed by atoms with E-state index in [9.17, 15) is 0 Å². The molecule has 0 unspecified atom stereocenters. The molecule has 0 amide bonds. The van der Waals surface area contributed by atoms with E-state index in [1.165, 1.54) is 25.7 Å². The van der Waals surface area contributed by atoms with Crippen molar-refractivity contribution in [1.29, 1.82) is 0 Å². The minimum atomic E-state index is 1.06. The Bertz CT molecular complexity index is 117. The van der Waals surface area contributed by atoms with E-state index in [4.69, 9.17) is 0 Å². The van der Waals surface area contributed by atoms with Gasteiger partial charge in [-0.3, -0.25) is 0 Å². The molecule has 0 N–H and O–H groups in total. The smallest absolute Gasteiger partial charge is 0.0357 e. The van der Waals surface area contributed by atoms with E-state index in [2.05, 4.69) is 6.92 Å². The molecule has 2 aliphatic rings. The largest absolute Gasteiger partial charge is 0.0622 e. The molecule has 58 valence electrons. The summed E-state index contributed by atoms with van der Waals surface area (Å²) in [4.78, 5) is 0. The fourth-order valence-corrected chi connectivity index (χ4v) is 2.56. The molecule has 0 bridgehead atoms. The van der Waals surface area contributed by atoms with E-state index in [0.717, 1.165) is 17.8 Å². The molecule has 0 aromatic rings. The molecule has 2 fully saturated rings. The van der Waals surface area contributed by atoms with Gasteiger partial charge in [-0.2, -0.15) is 0 Å². The van der Waals surface area contributed by atoms with Crippen molar-refractivity contribution in [2.24, 2.45) is 17.8 Å². The molecule has 0 saturated heterocycles. The topological polar surface area (TPSA) is 0 Å². The predicted molar refractivity (Wildman–Crippen MR) is 43.8 cm³/mol. The quantitative estimate of drug-likeness (QED) is 0.482. The molecule has 0 radical (unpaired) electrons. The second-order valence-corrected chi connectivity index (χ2v) is 4.27. The van der Waals surface area contributed by atoms with Crippen molar-refractivity contribution in [1.82, 2.24) is 0 Å². The normalized spacial score (nSPS) is 47.1. The Morgan fingerprint density at radius 1 is 1.00 bits per heavy atom. The van der Waals surface area contributed by atoms with E-state index in [0.29, 0.717) is 0 Å². The van der Waals surface area contributed by atoms with Gasteiger partial charge in [-0.15, -0.1) is 0 Å². The molecule has 0 aromatic heterocycles. The molecule has 2 aliphatic carbocycles. The van der Waals surface area contributed by atoms with Crippen molar-refractivity contribution in [3.05, 3.63) is 0 Å². The summed E-state index contributed by atoms with van der Waals surface area (Å²) in [6.45, 7) is 2.45. The van der Waals surface area contributed by atoms with Crippen LogP contribution in [0, 0.1) is 17.8 Å². The molecular formula is C10H18. The summed E-state index contributed by atoms with van der Waals surface area (Å²) < 4.78 is 0. The van der Waals surface area contributed by atoms with Gasteiger partial charge in [0.25, 0.3) is 0 Å².